The second kappa shape index (κ2) is 9.30. The highest BCUT2D eigenvalue weighted by Crippen LogP contribution is 2.20. The average molecular weight is 349 g/mol. The molecule has 1 amide bonds. The van der Waals surface area contributed by atoms with Crippen molar-refractivity contribution in [1.29, 1.82) is 0 Å². The lowest BCUT2D eigenvalue weighted by molar-refractivity contribution is -0.868. The first-order valence-electron chi connectivity index (χ1n) is 7.71. The highest BCUT2D eigenvalue weighted by molar-refractivity contribution is 7.99. The first-order chi connectivity index (χ1) is 11.6. The van der Waals surface area contributed by atoms with Crippen molar-refractivity contribution in [2.24, 2.45) is 0 Å². The number of carbonyl (C=O) groups is 1. The summed E-state index contributed by atoms with van der Waals surface area (Å²) >= 11 is 1.47. The zero-order valence-electron chi connectivity index (χ0n) is 13.8. The van der Waals surface area contributed by atoms with E-state index in [4.69, 9.17) is 4.74 Å². The topological polar surface area (TPSA) is 42.8 Å². The molecule has 0 fully saturated rings. The summed E-state index contributed by atoms with van der Waals surface area (Å²) in [6.45, 7) is 1.12. The number of benzene rings is 2. The number of amides is 1. The number of nitrogens with one attached hydrogen (secondary N) is 2. The largest absolute Gasteiger partial charge is 0.497 e. The Hall–Kier alpha value is -2.05. The van der Waals surface area contributed by atoms with Crippen LogP contribution in [0.1, 0.15) is 0 Å². The molecule has 0 aliphatic rings. The molecular formula is C18H22FN2O2S+. The Labute approximate surface area is 146 Å². The van der Waals surface area contributed by atoms with Crippen molar-refractivity contribution in [3.05, 3.63) is 54.3 Å². The maximum Gasteiger partial charge on any atom is 0.279 e. The van der Waals surface area contributed by atoms with Crippen molar-refractivity contribution in [3.8, 4) is 5.75 Å². The zero-order valence-corrected chi connectivity index (χ0v) is 14.7. The van der Waals surface area contributed by atoms with E-state index in [1.807, 2.05) is 31.3 Å². The van der Waals surface area contributed by atoms with Crippen LogP contribution in [-0.2, 0) is 4.79 Å². The molecule has 0 radical (unpaired) electrons. The molecule has 4 nitrogen and oxygen atoms in total. The van der Waals surface area contributed by atoms with E-state index < -0.39 is 0 Å². The minimum absolute atomic E-state index is 0.0587. The van der Waals surface area contributed by atoms with Crippen LogP contribution >= 0.6 is 11.8 Å². The molecule has 2 rings (SSSR count). The lowest BCUT2D eigenvalue weighted by Crippen LogP contribution is -3.10. The number of quaternary nitrogens is 1. The van der Waals surface area contributed by atoms with Gasteiger partial charge in [-0.1, -0.05) is 18.2 Å². The van der Waals surface area contributed by atoms with E-state index in [1.54, 1.807) is 25.3 Å². The van der Waals surface area contributed by atoms with E-state index in [9.17, 15) is 9.18 Å². The molecule has 0 saturated carbocycles. The second-order valence-corrected chi connectivity index (χ2v) is 6.58. The van der Waals surface area contributed by atoms with E-state index >= 15 is 0 Å². The molecule has 2 N–H and O–H groups in total. The summed E-state index contributed by atoms with van der Waals surface area (Å²) in [6.07, 6.45) is 0. The number of halogens is 1. The number of carbonyl (C=O) groups excluding carboxylic acids is 1. The van der Waals surface area contributed by atoms with Crippen LogP contribution in [0.2, 0.25) is 0 Å². The standard InChI is InChI=1S/C18H21FN2O2S/c1-21(10-11-24-17-9-4-3-8-16(17)19)13-18(22)20-14-6-5-7-15(12-14)23-2/h3-9,12H,10-11,13H2,1-2H3,(H,20,22)/p+1. The van der Waals surface area contributed by atoms with Gasteiger partial charge in [-0.15, -0.1) is 11.8 Å². The summed E-state index contributed by atoms with van der Waals surface area (Å²) in [6, 6.07) is 14.0. The van der Waals surface area contributed by atoms with Crippen LogP contribution in [0, 0.1) is 5.82 Å². The van der Waals surface area contributed by atoms with Crippen LogP contribution in [-0.4, -0.2) is 38.9 Å². The molecule has 6 heteroatoms. The molecule has 0 heterocycles. The quantitative estimate of drug-likeness (QED) is 0.717. The molecule has 0 aliphatic heterocycles. The second-order valence-electron chi connectivity index (χ2n) is 5.44. The normalized spacial score (nSPS) is 11.8. The van der Waals surface area contributed by atoms with Gasteiger partial charge in [0.1, 0.15) is 11.6 Å². The molecule has 24 heavy (non-hydrogen) atoms. The van der Waals surface area contributed by atoms with E-state index in [0.29, 0.717) is 22.9 Å². The first-order valence-corrected chi connectivity index (χ1v) is 8.69. The van der Waals surface area contributed by atoms with Gasteiger partial charge in [-0.25, -0.2) is 4.39 Å². The van der Waals surface area contributed by atoms with Crippen molar-refractivity contribution in [2.45, 2.75) is 4.90 Å². The molecule has 2 aromatic rings. The smallest absolute Gasteiger partial charge is 0.279 e. The SMILES string of the molecule is COc1cccc(NC(=O)C[NH+](C)CCSc2ccccc2F)c1. The van der Waals surface area contributed by atoms with Gasteiger partial charge in [-0.3, -0.25) is 4.79 Å². The summed E-state index contributed by atoms with van der Waals surface area (Å²) in [5.74, 6) is 1.20. The number of hydrogen-bond acceptors (Lipinski definition) is 3. The minimum Gasteiger partial charge on any atom is -0.497 e. The molecule has 1 unspecified atom stereocenters. The number of rotatable bonds is 8. The Morgan fingerprint density at radius 3 is 2.79 bits per heavy atom. The highest BCUT2D eigenvalue weighted by Gasteiger charge is 2.11. The molecule has 128 valence electrons. The van der Waals surface area contributed by atoms with Crippen molar-refractivity contribution < 1.29 is 18.8 Å². The zero-order chi connectivity index (χ0) is 17.4. The highest BCUT2D eigenvalue weighted by atomic mass is 32.2. The first kappa shape index (κ1) is 18.3. The van der Waals surface area contributed by atoms with E-state index in [1.165, 1.54) is 17.8 Å². The van der Waals surface area contributed by atoms with E-state index in [-0.39, 0.29) is 11.7 Å². The Kier molecular flexibility index (Phi) is 7.08. The fourth-order valence-electron chi connectivity index (χ4n) is 2.17. The maximum absolute atomic E-state index is 13.5. The monoisotopic (exact) mass is 349 g/mol. The van der Waals surface area contributed by atoms with Gasteiger partial charge in [0, 0.05) is 22.4 Å². The lowest BCUT2D eigenvalue weighted by Gasteiger charge is -2.14. The molecule has 0 aliphatic carbocycles. The van der Waals surface area contributed by atoms with Crippen LogP contribution in [0.3, 0.4) is 0 Å². The van der Waals surface area contributed by atoms with Crippen molar-refractivity contribution >= 4 is 23.4 Å². The third kappa shape index (κ3) is 5.86. The Balaban J connectivity index is 1.74. The Bertz CT molecular complexity index is 682. The maximum atomic E-state index is 13.5. The van der Waals surface area contributed by atoms with E-state index in [0.717, 1.165) is 17.2 Å². The number of hydrogen-bond donors (Lipinski definition) is 2. The van der Waals surface area contributed by atoms with Gasteiger partial charge in [0.15, 0.2) is 6.54 Å². The fraction of sp³-hybridized carbons (Fsp3) is 0.278. The number of likely N-dealkylation sites (N-methyl/N-ethyl adjacent to an activating group) is 1. The van der Waals surface area contributed by atoms with Gasteiger partial charge in [0.05, 0.1) is 20.7 Å². The minimum atomic E-state index is -0.198. The van der Waals surface area contributed by atoms with Crippen LogP contribution in [0.25, 0.3) is 0 Å². The molecule has 0 saturated heterocycles. The summed E-state index contributed by atoms with van der Waals surface area (Å²) in [5, 5.41) is 2.86. The molecule has 0 aromatic heterocycles. The van der Waals surface area contributed by atoms with Gasteiger partial charge >= 0.3 is 0 Å². The van der Waals surface area contributed by atoms with Crippen LogP contribution in [0.5, 0.6) is 5.75 Å². The third-order valence-electron chi connectivity index (χ3n) is 3.44. The molecule has 1 atom stereocenters. The van der Waals surface area contributed by atoms with Gasteiger partial charge in [-0.05, 0) is 24.3 Å². The summed E-state index contributed by atoms with van der Waals surface area (Å²) < 4.78 is 18.7. The van der Waals surface area contributed by atoms with Crippen molar-refractivity contribution in [2.75, 3.05) is 38.3 Å². The molecule has 0 spiro atoms. The van der Waals surface area contributed by atoms with Crippen LogP contribution < -0.4 is 15.0 Å². The number of thioether (sulfide) groups is 1. The summed E-state index contributed by atoms with van der Waals surface area (Å²) in [4.78, 5) is 13.8. The number of ether oxygens (including phenoxy) is 1. The predicted molar refractivity (Wildman–Crippen MR) is 95.4 cm³/mol. The molecule has 2 aromatic carbocycles. The average Bonchev–Trinajstić information content (AvgIpc) is 2.56. The van der Waals surface area contributed by atoms with Crippen LogP contribution in [0.15, 0.2) is 53.4 Å². The predicted octanol–water partition coefficient (Wildman–Crippen LogP) is 2.08. The Morgan fingerprint density at radius 1 is 1.25 bits per heavy atom. The van der Waals surface area contributed by atoms with Gasteiger partial charge < -0.3 is 15.0 Å². The molecule has 0 bridgehead atoms. The van der Waals surface area contributed by atoms with Gasteiger partial charge in [0.25, 0.3) is 5.91 Å². The lowest BCUT2D eigenvalue weighted by atomic mass is 10.3. The van der Waals surface area contributed by atoms with Crippen molar-refractivity contribution in [3.63, 3.8) is 0 Å². The number of anilines is 1. The fourth-order valence-corrected chi connectivity index (χ4v) is 3.22. The van der Waals surface area contributed by atoms with E-state index in [2.05, 4.69) is 5.32 Å². The summed E-state index contributed by atoms with van der Waals surface area (Å²) in [5.41, 5.74) is 0.716. The Morgan fingerprint density at radius 2 is 2.04 bits per heavy atom. The van der Waals surface area contributed by atoms with Crippen molar-refractivity contribution in [1.82, 2.24) is 0 Å². The van der Waals surface area contributed by atoms with Gasteiger partial charge in [0.2, 0.25) is 0 Å². The van der Waals surface area contributed by atoms with Gasteiger partial charge in [-0.2, -0.15) is 0 Å². The number of methoxy groups -OCH3 is 1. The molecular weight excluding hydrogens is 327 g/mol. The van der Waals surface area contributed by atoms with Crippen LogP contribution in [0.4, 0.5) is 10.1 Å². The summed E-state index contributed by atoms with van der Waals surface area (Å²) in [7, 11) is 3.54. The third-order valence-corrected chi connectivity index (χ3v) is 4.49.